The lowest BCUT2D eigenvalue weighted by atomic mass is 10.1. The number of anilines is 3. The van der Waals surface area contributed by atoms with Crippen molar-refractivity contribution < 1.29 is 28.5 Å². The van der Waals surface area contributed by atoms with Crippen LogP contribution < -0.4 is 20.5 Å². The van der Waals surface area contributed by atoms with Gasteiger partial charge in [0.05, 0.1) is 50.1 Å². The van der Waals surface area contributed by atoms with Gasteiger partial charge in [-0.2, -0.15) is 20.2 Å². The lowest BCUT2D eigenvalue weighted by Crippen LogP contribution is -2.42. The lowest BCUT2D eigenvalue weighted by Gasteiger charge is -2.33. The molecule has 300 valence electrons. The first-order chi connectivity index (χ1) is 26.0. The molecule has 18 nitrogen and oxygen atoms in total. The average Bonchev–Trinajstić information content (AvgIpc) is 3.80. The largest absolute Gasteiger partial charge is 0.481 e. The summed E-state index contributed by atoms with van der Waals surface area (Å²) in [6.07, 6.45) is 13.3. The molecule has 2 aliphatic rings. The molecule has 4 aromatic heterocycles. The lowest BCUT2D eigenvalue weighted by molar-refractivity contribution is 0.0174. The van der Waals surface area contributed by atoms with Gasteiger partial charge in [0.25, 0.3) is 0 Å². The molecule has 4 aromatic rings. The van der Waals surface area contributed by atoms with E-state index >= 15 is 0 Å². The van der Waals surface area contributed by atoms with Gasteiger partial charge in [0.1, 0.15) is 11.2 Å². The molecule has 0 atom stereocenters. The van der Waals surface area contributed by atoms with Crippen LogP contribution in [0.5, 0.6) is 11.8 Å². The zero-order valence-corrected chi connectivity index (χ0v) is 33.6. The van der Waals surface area contributed by atoms with Crippen LogP contribution in [0.25, 0.3) is 0 Å². The van der Waals surface area contributed by atoms with Crippen LogP contribution >= 0.6 is 11.6 Å². The Morgan fingerprint density at radius 3 is 1.65 bits per heavy atom. The van der Waals surface area contributed by atoms with E-state index in [1.165, 1.54) is 13.3 Å². The van der Waals surface area contributed by atoms with Gasteiger partial charge < -0.3 is 39.8 Å². The quantitative estimate of drug-likeness (QED) is 0.210. The molecule has 2 aliphatic heterocycles. The molecule has 3 N–H and O–H groups in total. The van der Waals surface area contributed by atoms with Crippen molar-refractivity contribution in [1.29, 1.82) is 0 Å². The number of nitrogens with zero attached hydrogens (tertiary/aromatic N) is 10. The molecule has 2 saturated heterocycles. The Hall–Kier alpha value is -5.39. The van der Waals surface area contributed by atoms with Crippen LogP contribution in [0.4, 0.5) is 26.9 Å². The Morgan fingerprint density at radius 1 is 0.745 bits per heavy atom. The number of rotatable bonds is 6. The smallest absolute Gasteiger partial charge is 0.410 e. The monoisotopic (exact) mass is 784 g/mol. The minimum absolute atomic E-state index is 0.203. The van der Waals surface area contributed by atoms with Gasteiger partial charge in [0.2, 0.25) is 23.0 Å². The summed E-state index contributed by atoms with van der Waals surface area (Å²) in [6.45, 7) is 14.0. The predicted molar refractivity (Wildman–Crippen MR) is 206 cm³/mol. The van der Waals surface area contributed by atoms with Crippen molar-refractivity contribution >= 4 is 41.1 Å². The first kappa shape index (κ1) is 42.4. The molecule has 55 heavy (non-hydrogen) atoms. The molecule has 6 heterocycles. The molecule has 0 aliphatic carbocycles. The van der Waals surface area contributed by atoms with Gasteiger partial charge in [0, 0.05) is 63.1 Å². The third-order valence-corrected chi connectivity index (χ3v) is 8.29. The maximum absolute atomic E-state index is 12.2. The maximum atomic E-state index is 12.2. The fourth-order valence-corrected chi connectivity index (χ4v) is 5.65. The third kappa shape index (κ3) is 14.1. The van der Waals surface area contributed by atoms with Crippen molar-refractivity contribution in [2.75, 3.05) is 51.4 Å². The van der Waals surface area contributed by atoms with Gasteiger partial charge in [-0.05, 0) is 78.8 Å². The molecule has 19 heteroatoms. The highest BCUT2D eigenvalue weighted by molar-refractivity contribution is 6.28. The predicted octanol–water partition coefficient (Wildman–Crippen LogP) is 6.17. The number of nitrogens with one attached hydrogen (secondary N) is 1. The van der Waals surface area contributed by atoms with Crippen LogP contribution in [0.1, 0.15) is 79.3 Å². The van der Waals surface area contributed by atoms with Crippen molar-refractivity contribution in [1.82, 2.24) is 49.3 Å². The van der Waals surface area contributed by atoms with Gasteiger partial charge in [-0.15, -0.1) is 0 Å². The maximum Gasteiger partial charge on any atom is 0.410 e. The van der Waals surface area contributed by atoms with Gasteiger partial charge >= 0.3 is 12.2 Å². The number of aromatic nitrogens is 8. The Morgan fingerprint density at radius 2 is 1.22 bits per heavy atom. The van der Waals surface area contributed by atoms with E-state index in [1.807, 2.05) is 63.3 Å². The number of nitrogen functional groups attached to an aromatic ring is 1. The summed E-state index contributed by atoms with van der Waals surface area (Å²) in [7, 11) is 3.09. The van der Waals surface area contributed by atoms with Gasteiger partial charge in [-0.25, -0.2) is 19.6 Å². The zero-order chi connectivity index (χ0) is 40.2. The summed E-state index contributed by atoms with van der Waals surface area (Å²) in [4.78, 5) is 43.4. The molecular weight excluding hydrogens is 732 g/mol. The van der Waals surface area contributed by atoms with E-state index in [9.17, 15) is 9.59 Å². The van der Waals surface area contributed by atoms with E-state index < -0.39 is 11.2 Å². The summed E-state index contributed by atoms with van der Waals surface area (Å²) < 4.78 is 24.5. The van der Waals surface area contributed by atoms with Crippen LogP contribution in [0.3, 0.4) is 0 Å². The van der Waals surface area contributed by atoms with Crippen molar-refractivity contribution in [2.24, 2.45) is 0 Å². The number of halogens is 1. The number of amides is 2. The number of carbonyl (C=O) groups is 2. The van der Waals surface area contributed by atoms with Crippen LogP contribution in [0, 0.1) is 0 Å². The van der Waals surface area contributed by atoms with Crippen molar-refractivity contribution in [3.63, 3.8) is 0 Å². The van der Waals surface area contributed by atoms with Crippen LogP contribution in [-0.2, 0) is 9.47 Å². The second-order valence-electron chi connectivity index (χ2n) is 14.8. The van der Waals surface area contributed by atoms with Gasteiger partial charge in [-0.3, -0.25) is 9.36 Å². The van der Waals surface area contributed by atoms with E-state index in [2.05, 4.69) is 35.5 Å². The standard InChI is InChI=1S/C18H26N6O3.C13H22N4O2.C5H5ClN2O/c1-18(2,3)27-17(25)23-9-6-14(7-10-23)24-12-13(11-20-24)21-16-19-8-5-15(22-16)26-4;1-13(2,3)19-12(18)16-6-4-11(5-7-16)17-9-10(14)8-15-17;1-9-4-2-3-7-5(6)8-4/h5,8,11-12,14H,6-7,9-10H2,1-4H3,(H,19,21,22);8-9,11H,4-7,14H2,1-3H3;2-3H,1H3. The van der Waals surface area contributed by atoms with Gasteiger partial charge in [0.15, 0.2) is 0 Å². The highest BCUT2D eigenvalue weighted by Crippen LogP contribution is 2.26. The molecule has 2 fully saturated rings. The highest BCUT2D eigenvalue weighted by Gasteiger charge is 2.29. The summed E-state index contributed by atoms with van der Waals surface area (Å²) in [5.41, 5.74) is 6.23. The third-order valence-electron chi connectivity index (χ3n) is 8.11. The number of likely N-dealkylation sites (tertiary alicyclic amines) is 2. The van der Waals surface area contributed by atoms with E-state index in [4.69, 9.17) is 36.3 Å². The van der Waals surface area contributed by atoms with Gasteiger partial charge in [-0.1, -0.05) is 0 Å². The molecule has 6 rings (SSSR count). The van der Waals surface area contributed by atoms with Crippen molar-refractivity contribution in [3.05, 3.63) is 54.6 Å². The first-order valence-corrected chi connectivity index (χ1v) is 18.4. The summed E-state index contributed by atoms with van der Waals surface area (Å²) >= 11 is 5.42. The summed E-state index contributed by atoms with van der Waals surface area (Å²) in [5, 5.41) is 12.0. The normalized spacial score (nSPS) is 15.1. The number of hydrogen-bond donors (Lipinski definition) is 2. The summed E-state index contributed by atoms with van der Waals surface area (Å²) in [5.74, 6) is 1.43. The Balaban J connectivity index is 0.000000207. The van der Waals surface area contributed by atoms with Crippen molar-refractivity contribution in [3.8, 4) is 11.8 Å². The number of piperidine rings is 2. The second kappa shape index (κ2) is 19.3. The molecule has 0 radical (unpaired) electrons. The van der Waals surface area contributed by atoms with Crippen molar-refractivity contribution in [2.45, 2.75) is 90.5 Å². The van der Waals surface area contributed by atoms with Crippen LogP contribution in [-0.4, -0.2) is 113 Å². The Kier molecular flexibility index (Phi) is 14.8. The second-order valence-corrected chi connectivity index (χ2v) is 15.1. The number of nitrogens with two attached hydrogens (primary N) is 1. The Bertz CT molecular complexity index is 1810. The molecule has 0 spiro atoms. The number of hydrogen-bond acceptors (Lipinski definition) is 14. The first-order valence-electron chi connectivity index (χ1n) is 18.0. The van der Waals surface area contributed by atoms with E-state index in [0.717, 1.165) is 31.4 Å². The molecule has 0 saturated carbocycles. The average molecular weight is 785 g/mol. The molecule has 0 aromatic carbocycles. The highest BCUT2D eigenvalue weighted by atomic mass is 35.5. The SMILES string of the molecule is CC(C)(C)OC(=O)N1CCC(n2cc(N)cn2)CC1.COc1ccnc(Cl)n1.COc1ccnc(Nc2cnn(C3CCN(C(=O)OC(C)(C)C)CC3)c2)n1. The Labute approximate surface area is 326 Å². The minimum atomic E-state index is -0.474. The zero-order valence-electron chi connectivity index (χ0n) is 32.8. The molecule has 2 amide bonds. The van der Waals surface area contributed by atoms with Crippen LogP contribution in [0.15, 0.2) is 49.3 Å². The van der Waals surface area contributed by atoms with E-state index in [0.29, 0.717) is 55.6 Å². The molecular formula is C36H53ClN12O6. The summed E-state index contributed by atoms with van der Waals surface area (Å²) in [6, 6.07) is 3.88. The number of carbonyl (C=O) groups excluding carboxylic acids is 2. The van der Waals surface area contributed by atoms with E-state index in [-0.39, 0.29) is 23.5 Å². The fourth-order valence-electron chi connectivity index (χ4n) is 5.51. The minimum Gasteiger partial charge on any atom is -0.481 e. The number of methoxy groups -OCH3 is 2. The number of ether oxygens (including phenoxy) is 4. The van der Waals surface area contributed by atoms with E-state index in [1.54, 1.807) is 47.6 Å². The molecule has 0 bridgehead atoms. The topological polar surface area (TPSA) is 203 Å². The molecule has 0 unspecified atom stereocenters. The van der Waals surface area contributed by atoms with Crippen LogP contribution in [0.2, 0.25) is 5.28 Å². The fraction of sp³-hybridized carbons (Fsp3) is 0.556.